The molecular formula is C12H25N3O2. The average molecular weight is 243 g/mol. The van der Waals surface area contributed by atoms with Crippen molar-refractivity contribution in [1.82, 2.24) is 10.2 Å². The van der Waals surface area contributed by atoms with Gasteiger partial charge < -0.3 is 16.0 Å². The second-order valence-electron chi connectivity index (χ2n) is 4.66. The Kier molecular flexibility index (Phi) is 7.54. The molecule has 0 aliphatic heterocycles. The molecule has 2 atom stereocenters. The molecule has 0 aromatic heterocycles. The van der Waals surface area contributed by atoms with E-state index in [4.69, 9.17) is 5.73 Å². The number of nitrogens with one attached hydrogen (secondary N) is 1. The summed E-state index contributed by atoms with van der Waals surface area (Å²) < 4.78 is 0. The van der Waals surface area contributed by atoms with Crippen LogP contribution in [0.5, 0.6) is 0 Å². The summed E-state index contributed by atoms with van der Waals surface area (Å²) in [6, 6.07) is 0.137. The quantitative estimate of drug-likeness (QED) is 0.677. The lowest BCUT2D eigenvalue weighted by atomic mass is 10.1. The first kappa shape index (κ1) is 15.9. The van der Waals surface area contributed by atoms with Crippen molar-refractivity contribution in [2.75, 3.05) is 20.6 Å². The van der Waals surface area contributed by atoms with E-state index in [2.05, 4.69) is 5.32 Å². The maximum Gasteiger partial charge on any atom is 0.224 e. The number of nitrogens with two attached hydrogens (primary N) is 1. The van der Waals surface area contributed by atoms with Crippen LogP contribution in [0, 0.1) is 5.92 Å². The highest BCUT2D eigenvalue weighted by atomic mass is 16.2. The van der Waals surface area contributed by atoms with Crippen LogP contribution in [0.1, 0.15) is 33.1 Å². The van der Waals surface area contributed by atoms with E-state index in [0.717, 1.165) is 12.8 Å². The van der Waals surface area contributed by atoms with Gasteiger partial charge >= 0.3 is 0 Å². The van der Waals surface area contributed by atoms with Crippen LogP contribution >= 0.6 is 0 Å². The zero-order valence-electron chi connectivity index (χ0n) is 11.3. The summed E-state index contributed by atoms with van der Waals surface area (Å²) in [6.07, 6.45) is 2.15. The van der Waals surface area contributed by atoms with Gasteiger partial charge in [0.2, 0.25) is 11.8 Å². The molecule has 5 nitrogen and oxygen atoms in total. The summed E-state index contributed by atoms with van der Waals surface area (Å²) in [6.45, 7) is 4.20. The third-order valence-electron chi connectivity index (χ3n) is 2.72. The van der Waals surface area contributed by atoms with E-state index < -0.39 is 0 Å². The van der Waals surface area contributed by atoms with Crippen molar-refractivity contribution in [3.8, 4) is 0 Å². The van der Waals surface area contributed by atoms with E-state index in [1.807, 2.05) is 13.8 Å². The number of hydrogen-bond acceptors (Lipinski definition) is 3. The molecule has 2 unspecified atom stereocenters. The summed E-state index contributed by atoms with van der Waals surface area (Å²) in [5.41, 5.74) is 5.62. The largest absolute Gasteiger partial charge is 0.359 e. The fraction of sp³-hybridized carbons (Fsp3) is 0.833. The molecule has 0 radical (unpaired) electrons. The fourth-order valence-corrected chi connectivity index (χ4v) is 1.61. The molecule has 100 valence electrons. The number of rotatable bonds is 7. The lowest BCUT2D eigenvalue weighted by Gasteiger charge is -2.20. The predicted molar refractivity (Wildman–Crippen MR) is 68.4 cm³/mol. The van der Waals surface area contributed by atoms with E-state index in [0.29, 0.717) is 13.0 Å². The average Bonchev–Trinajstić information content (AvgIpc) is 2.26. The zero-order chi connectivity index (χ0) is 13.4. The van der Waals surface area contributed by atoms with Crippen LogP contribution in [0.2, 0.25) is 0 Å². The van der Waals surface area contributed by atoms with E-state index >= 15 is 0 Å². The van der Waals surface area contributed by atoms with Gasteiger partial charge in [-0.25, -0.2) is 0 Å². The SMILES string of the molecule is CNC(=O)C(C)CN(C)C(=O)CCCC(C)N. The van der Waals surface area contributed by atoms with E-state index in [9.17, 15) is 9.59 Å². The first-order valence-corrected chi connectivity index (χ1v) is 6.09. The Bertz CT molecular complexity index is 254. The topological polar surface area (TPSA) is 75.4 Å². The van der Waals surface area contributed by atoms with Gasteiger partial charge in [-0.05, 0) is 19.8 Å². The maximum atomic E-state index is 11.7. The van der Waals surface area contributed by atoms with Crippen LogP contribution in [-0.4, -0.2) is 43.4 Å². The lowest BCUT2D eigenvalue weighted by Crippen LogP contribution is -2.37. The summed E-state index contributed by atoms with van der Waals surface area (Å²) >= 11 is 0. The molecule has 0 heterocycles. The lowest BCUT2D eigenvalue weighted by molar-refractivity contribution is -0.132. The Labute approximate surface area is 104 Å². The minimum absolute atomic E-state index is 0.0415. The molecule has 0 aliphatic carbocycles. The van der Waals surface area contributed by atoms with Crippen molar-refractivity contribution in [1.29, 1.82) is 0 Å². The number of carbonyl (C=O) groups excluding carboxylic acids is 2. The van der Waals surface area contributed by atoms with Gasteiger partial charge in [0.05, 0.1) is 5.92 Å². The summed E-state index contributed by atoms with van der Waals surface area (Å²) in [5.74, 6) is -0.149. The predicted octanol–water partition coefficient (Wildman–Crippen LogP) is 0.344. The maximum absolute atomic E-state index is 11.7. The third-order valence-corrected chi connectivity index (χ3v) is 2.72. The molecule has 0 rings (SSSR count). The Morgan fingerprint density at radius 3 is 2.41 bits per heavy atom. The zero-order valence-corrected chi connectivity index (χ0v) is 11.3. The highest BCUT2D eigenvalue weighted by Crippen LogP contribution is 2.04. The van der Waals surface area contributed by atoms with Crippen molar-refractivity contribution in [2.45, 2.75) is 39.2 Å². The van der Waals surface area contributed by atoms with Gasteiger partial charge in [0.25, 0.3) is 0 Å². The van der Waals surface area contributed by atoms with Crippen molar-refractivity contribution >= 4 is 11.8 Å². The van der Waals surface area contributed by atoms with Crippen LogP contribution in [0.3, 0.4) is 0 Å². The van der Waals surface area contributed by atoms with Gasteiger partial charge in [0, 0.05) is 33.1 Å². The van der Waals surface area contributed by atoms with Crippen molar-refractivity contribution < 1.29 is 9.59 Å². The monoisotopic (exact) mass is 243 g/mol. The number of nitrogens with zero attached hydrogens (tertiary/aromatic N) is 1. The molecule has 0 spiro atoms. The summed E-state index contributed by atoms with van der Waals surface area (Å²) in [5, 5.41) is 2.57. The molecule has 3 N–H and O–H groups in total. The molecule has 17 heavy (non-hydrogen) atoms. The highest BCUT2D eigenvalue weighted by molar-refractivity contribution is 5.80. The van der Waals surface area contributed by atoms with Crippen LogP contribution in [0.15, 0.2) is 0 Å². The molecule has 0 saturated heterocycles. The van der Waals surface area contributed by atoms with Crippen LogP contribution < -0.4 is 11.1 Å². The van der Waals surface area contributed by atoms with Gasteiger partial charge in [0.15, 0.2) is 0 Å². The first-order chi connectivity index (χ1) is 7.88. The second kappa shape index (κ2) is 8.06. The van der Waals surface area contributed by atoms with Gasteiger partial charge in [-0.2, -0.15) is 0 Å². The molecule has 0 aliphatic rings. The Morgan fingerprint density at radius 2 is 1.94 bits per heavy atom. The number of carbonyl (C=O) groups is 2. The highest BCUT2D eigenvalue weighted by Gasteiger charge is 2.16. The standard InChI is InChI=1S/C12H25N3O2/c1-9(12(17)14-3)8-15(4)11(16)7-5-6-10(2)13/h9-10H,5-8,13H2,1-4H3,(H,14,17). The molecule has 0 fully saturated rings. The van der Waals surface area contributed by atoms with Crippen LogP contribution in [0.4, 0.5) is 0 Å². The Hall–Kier alpha value is -1.10. The first-order valence-electron chi connectivity index (χ1n) is 6.09. The van der Waals surface area contributed by atoms with Gasteiger partial charge in [-0.15, -0.1) is 0 Å². The third kappa shape index (κ3) is 6.94. The van der Waals surface area contributed by atoms with E-state index in [1.54, 1.807) is 19.0 Å². The van der Waals surface area contributed by atoms with E-state index in [-0.39, 0.29) is 23.8 Å². The molecule has 5 heteroatoms. The summed E-state index contributed by atoms with van der Waals surface area (Å²) in [7, 11) is 3.33. The molecule has 0 aromatic rings. The number of amides is 2. The minimum Gasteiger partial charge on any atom is -0.359 e. The smallest absolute Gasteiger partial charge is 0.224 e. The molecule has 2 amide bonds. The second-order valence-corrected chi connectivity index (χ2v) is 4.66. The van der Waals surface area contributed by atoms with Crippen molar-refractivity contribution in [3.05, 3.63) is 0 Å². The fourth-order valence-electron chi connectivity index (χ4n) is 1.61. The molecule has 0 aromatic carbocycles. The minimum atomic E-state index is -0.178. The van der Waals surface area contributed by atoms with Crippen LogP contribution in [-0.2, 0) is 9.59 Å². The van der Waals surface area contributed by atoms with Gasteiger partial charge in [-0.3, -0.25) is 9.59 Å². The van der Waals surface area contributed by atoms with Crippen molar-refractivity contribution in [3.63, 3.8) is 0 Å². The normalized spacial score (nSPS) is 13.9. The number of hydrogen-bond donors (Lipinski definition) is 2. The van der Waals surface area contributed by atoms with E-state index in [1.165, 1.54) is 0 Å². The van der Waals surface area contributed by atoms with Crippen LogP contribution in [0.25, 0.3) is 0 Å². The summed E-state index contributed by atoms with van der Waals surface area (Å²) in [4.78, 5) is 24.6. The van der Waals surface area contributed by atoms with Crippen molar-refractivity contribution in [2.24, 2.45) is 11.7 Å². The Morgan fingerprint density at radius 1 is 1.35 bits per heavy atom. The molecular weight excluding hydrogens is 218 g/mol. The Balaban J connectivity index is 3.93. The molecule has 0 bridgehead atoms. The van der Waals surface area contributed by atoms with Gasteiger partial charge in [-0.1, -0.05) is 6.92 Å². The molecule has 0 saturated carbocycles. The van der Waals surface area contributed by atoms with Gasteiger partial charge in [0.1, 0.15) is 0 Å².